The van der Waals surface area contributed by atoms with Crippen LogP contribution in [-0.2, 0) is 27.2 Å². The van der Waals surface area contributed by atoms with Crippen molar-refractivity contribution in [2.75, 3.05) is 11.9 Å². The van der Waals surface area contributed by atoms with Crippen molar-refractivity contribution in [3.8, 4) is 17.2 Å². The molecule has 1 saturated heterocycles. The number of likely N-dealkylation sites (tertiary alicyclic amines) is 1. The van der Waals surface area contributed by atoms with Gasteiger partial charge in [-0.3, -0.25) is 14.5 Å². The maximum Gasteiger partial charge on any atom is 0.411 e. The van der Waals surface area contributed by atoms with E-state index in [0.29, 0.717) is 17.8 Å². The number of hydrogen-bond acceptors (Lipinski definition) is 6. The second-order valence-electron chi connectivity index (χ2n) is 12.4. The maximum atomic E-state index is 13.4. The van der Waals surface area contributed by atoms with Crippen molar-refractivity contribution in [1.29, 1.82) is 5.26 Å². The molecule has 2 aromatic carbocycles. The van der Waals surface area contributed by atoms with Crippen LogP contribution in [0.2, 0.25) is 0 Å². The van der Waals surface area contributed by atoms with E-state index in [-0.39, 0.29) is 30.2 Å². The van der Waals surface area contributed by atoms with Gasteiger partial charge in [0.1, 0.15) is 29.0 Å². The summed E-state index contributed by atoms with van der Waals surface area (Å²) in [4.78, 5) is 41.7. The van der Waals surface area contributed by atoms with Gasteiger partial charge in [0.2, 0.25) is 11.8 Å². The van der Waals surface area contributed by atoms with E-state index < -0.39 is 23.8 Å². The SMILES string of the molecule is CN1C(=O)Cc2ccc(-c3ccc4oc(CC(C#N)NC(=O)[C@@H]5[C@H]6CC[C@H](C6)N5C(=O)OC(C)(C)C)cc4c3)cc21. The van der Waals surface area contributed by atoms with Gasteiger partial charge in [-0.2, -0.15) is 5.26 Å². The van der Waals surface area contributed by atoms with E-state index in [1.54, 1.807) is 16.8 Å². The Kier molecular flexibility index (Phi) is 6.52. The second kappa shape index (κ2) is 9.95. The van der Waals surface area contributed by atoms with E-state index in [9.17, 15) is 19.6 Å². The summed E-state index contributed by atoms with van der Waals surface area (Å²) in [7, 11) is 1.79. The normalized spacial score (nSPS) is 22.1. The van der Waals surface area contributed by atoms with Crippen LogP contribution in [0.3, 0.4) is 0 Å². The van der Waals surface area contributed by atoms with E-state index in [1.165, 1.54) is 0 Å². The first-order valence-corrected chi connectivity index (χ1v) is 14.1. The van der Waals surface area contributed by atoms with Gasteiger partial charge in [0.05, 0.1) is 12.5 Å². The molecule has 3 amide bonds. The number of rotatable bonds is 5. The van der Waals surface area contributed by atoms with Crippen molar-refractivity contribution in [3.05, 3.63) is 53.8 Å². The summed E-state index contributed by atoms with van der Waals surface area (Å²) < 4.78 is 11.6. The molecule has 3 aliphatic rings. The lowest BCUT2D eigenvalue weighted by molar-refractivity contribution is -0.128. The molecule has 2 fully saturated rings. The van der Waals surface area contributed by atoms with Gasteiger partial charge >= 0.3 is 6.09 Å². The van der Waals surface area contributed by atoms with Crippen molar-refractivity contribution in [2.45, 2.75) is 76.6 Å². The lowest BCUT2D eigenvalue weighted by Crippen LogP contribution is -2.55. The highest BCUT2D eigenvalue weighted by Gasteiger charge is 2.52. The lowest BCUT2D eigenvalue weighted by Gasteiger charge is -2.35. The van der Waals surface area contributed by atoms with Gasteiger partial charge in [-0.05, 0) is 86.9 Å². The predicted octanol–water partition coefficient (Wildman–Crippen LogP) is 4.96. The number of ether oxygens (including phenoxy) is 1. The molecule has 1 saturated carbocycles. The first-order chi connectivity index (χ1) is 19.5. The van der Waals surface area contributed by atoms with Gasteiger partial charge in [0.25, 0.3) is 0 Å². The fourth-order valence-electron chi connectivity index (χ4n) is 6.49. The Labute approximate surface area is 239 Å². The van der Waals surface area contributed by atoms with E-state index in [1.807, 2.05) is 63.2 Å². The molecule has 2 bridgehead atoms. The molecule has 212 valence electrons. The molecule has 0 radical (unpaired) electrons. The Morgan fingerprint density at radius 1 is 1.15 bits per heavy atom. The molecule has 4 atom stereocenters. The molecule has 0 spiro atoms. The molecule has 1 aromatic heterocycles. The van der Waals surface area contributed by atoms with Crippen LogP contribution in [0.4, 0.5) is 10.5 Å². The summed E-state index contributed by atoms with van der Waals surface area (Å²) in [5, 5.41) is 13.6. The summed E-state index contributed by atoms with van der Waals surface area (Å²) in [5.41, 5.74) is 3.96. The number of piperidine rings is 1. The number of anilines is 1. The number of carbonyl (C=O) groups is 3. The number of furan rings is 1. The number of fused-ring (bicyclic) bond motifs is 4. The largest absolute Gasteiger partial charge is 0.461 e. The third-order valence-corrected chi connectivity index (χ3v) is 8.40. The monoisotopic (exact) mass is 554 g/mol. The number of nitrogens with zero attached hydrogens (tertiary/aromatic N) is 3. The maximum absolute atomic E-state index is 13.4. The highest BCUT2D eigenvalue weighted by molar-refractivity contribution is 6.02. The molecule has 1 unspecified atom stereocenters. The topological polar surface area (TPSA) is 116 Å². The second-order valence-corrected chi connectivity index (χ2v) is 12.4. The fraction of sp³-hybridized carbons (Fsp3) is 0.438. The van der Waals surface area contributed by atoms with E-state index in [2.05, 4.69) is 11.4 Å². The zero-order valence-corrected chi connectivity index (χ0v) is 23.8. The minimum Gasteiger partial charge on any atom is -0.461 e. The third-order valence-electron chi connectivity index (χ3n) is 8.40. The Morgan fingerprint density at radius 2 is 1.90 bits per heavy atom. The number of carbonyl (C=O) groups excluding carboxylic acids is 3. The number of nitrogens with one attached hydrogen (secondary N) is 1. The minimum atomic E-state index is -0.813. The third kappa shape index (κ3) is 5.03. The first-order valence-electron chi connectivity index (χ1n) is 14.1. The lowest BCUT2D eigenvalue weighted by atomic mass is 9.97. The molecule has 2 aliphatic heterocycles. The van der Waals surface area contributed by atoms with Gasteiger partial charge in [-0.1, -0.05) is 18.2 Å². The van der Waals surface area contributed by atoms with E-state index in [0.717, 1.165) is 47.0 Å². The number of hydrogen-bond donors (Lipinski definition) is 1. The van der Waals surface area contributed by atoms with Gasteiger partial charge in [-0.15, -0.1) is 0 Å². The standard InChI is InChI=1S/C32H34N4O5/c1-32(2,3)41-31(39)36-24-9-7-21(12-24)29(36)30(38)34-23(17-33)16-25-13-22-11-18(8-10-27(22)40-25)19-5-6-20-15-28(37)35(4)26(20)14-19/h5-6,8,10-11,13-14,21,23-24,29H,7,9,12,15-16H2,1-4H3,(H,34,38)/t21-,23?,24+,29-/m0/s1. The fourth-order valence-corrected chi connectivity index (χ4v) is 6.49. The minimum absolute atomic E-state index is 0.0118. The van der Waals surface area contributed by atoms with Crippen LogP contribution < -0.4 is 10.2 Å². The number of nitriles is 1. The van der Waals surface area contributed by atoms with Crippen LogP contribution in [0.5, 0.6) is 0 Å². The predicted molar refractivity (Wildman–Crippen MR) is 153 cm³/mol. The number of benzene rings is 2. The summed E-state index contributed by atoms with van der Waals surface area (Å²) >= 11 is 0. The van der Waals surface area contributed by atoms with Crippen molar-refractivity contribution < 1.29 is 23.5 Å². The van der Waals surface area contributed by atoms with Crippen molar-refractivity contribution >= 4 is 34.6 Å². The highest BCUT2D eigenvalue weighted by Crippen LogP contribution is 2.43. The molecule has 3 aromatic rings. The first kappa shape index (κ1) is 26.9. The van der Waals surface area contributed by atoms with Crippen LogP contribution in [0, 0.1) is 17.2 Å². The number of likely N-dealkylation sites (N-methyl/N-ethyl adjacent to an activating group) is 1. The highest BCUT2D eigenvalue weighted by atomic mass is 16.6. The molecule has 3 heterocycles. The summed E-state index contributed by atoms with van der Waals surface area (Å²) in [6.07, 6.45) is 2.66. The van der Waals surface area contributed by atoms with E-state index >= 15 is 0 Å². The van der Waals surface area contributed by atoms with Crippen LogP contribution >= 0.6 is 0 Å². The molecular weight excluding hydrogens is 520 g/mol. The quantitative estimate of drug-likeness (QED) is 0.477. The Morgan fingerprint density at radius 3 is 2.66 bits per heavy atom. The zero-order valence-electron chi connectivity index (χ0n) is 23.8. The van der Waals surface area contributed by atoms with Crippen molar-refractivity contribution in [1.82, 2.24) is 10.2 Å². The van der Waals surface area contributed by atoms with E-state index in [4.69, 9.17) is 9.15 Å². The van der Waals surface area contributed by atoms with Crippen molar-refractivity contribution in [2.24, 2.45) is 5.92 Å². The van der Waals surface area contributed by atoms with Crippen LogP contribution in [-0.4, -0.2) is 53.6 Å². The molecule has 1 aliphatic carbocycles. The van der Waals surface area contributed by atoms with Gasteiger partial charge in [0.15, 0.2) is 0 Å². The Balaban J connectivity index is 1.16. The van der Waals surface area contributed by atoms with Gasteiger partial charge in [0, 0.05) is 30.6 Å². The molecule has 6 rings (SSSR count). The molecule has 1 N–H and O–H groups in total. The molecular formula is C32H34N4O5. The average Bonchev–Trinajstić information content (AvgIpc) is 3.69. The number of amides is 3. The average molecular weight is 555 g/mol. The van der Waals surface area contributed by atoms with Crippen LogP contribution in [0.25, 0.3) is 22.1 Å². The molecule has 9 nitrogen and oxygen atoms in total. The van der Waals surface area contributed by atoms with Crippen molar-refractivity contribution in [3.63, 3.8) is 0 Å². The van der Waals surface area contributed by atoms with Gasteiger partial charge < -0.3 is 19.4 Å². The Bertz CT molecular complexity index is 1600. The van der Waals surface area contributed by atoms with Crippen LogP contribution in [0.1, 0.15) is 51.4 Å². The summed E-state index contributed by atoms with van der Waals surface area (Å²) in [5.74, 6) is 0.408. The Hall–Kier alpha value is -4.32. The summed E-state index contributed by atoms with van der Waals surface area (Å²) in [6, 6.07) is 14.5. The molecule has 9 heteroatoms. The smallest absolute Gasteiger partial charge is 0.411 e. The van der Waals surface area contributed by atoms with Crippen LogP contribution in [0.15, 0.2) is 46.9 Å². The summed E-state index contributed by atoms with van der Waals surface area (Å²) in [6.45, 7) is 5.42. The van der Waals surface area contributed by atoms with Gasteiger partial charge in [-0.25, -0.2) is 4.79 Å². The zero-order chi connectivity index (χ0) is 29.1. The molecule has 41 heavy (non-hydrogen) atoms.